The third kappa shape index (κ3) is 6.64. The van der Waals surface area contributed by atoms with Crippen LogP contribution in [-0.4, -0.2) is 19.9 Å². The maximum atomic E-state index is 5.34. The van der Waals surface area contributed by atoms with Crippen molar-refractivity contribution in [1.82, 2.24) is 19.9 Å². The van der Waals surface area contributed by atoms with Gasteiger partial charge in [0.05, 0.1) is 22.1 Å². The molecular weight excluding hydrogens is 669 g/mol. The first-order valence-corrected chi connectivity index (χ1v) is 21.2. The average Bonchev–Trinajstić information content (AvgIpc) is 3.91. The van der Waals surface area contributed by atoms with Crippen LogP contribution in [0.15, 0.2) is 109 Å². The molecule has 6 aromatic carbocycles. The van der Waals surface area contributed by atoms with Gasteiger partial charge in [0, 0.05) is 16.5 Å². The van der Waals surface area contributed by atoms with Crippen molar-refractivity contribution >= 4 is 43.6 Å². The highest BCUT2D eigenvalue weighted by atomic mass is 14.9. The summed E-state index contributed by atoms with van der Waals surface area (Å²) in [7, 11) is 0. The summed E-state index contributed by atoms with van der Waals surface area (Å²) in [5, 5.41) is 4.93. The summed E-state index contributed by atoms with van der Waals surface area (Å²) >= 11 is 0. The molecule has 278 valence electrons. The molecule has 1 aliphatic carbocycles. The van der Waals surface area contributed by atoms with Crippen molar-refractivity contribution in [3.8, 4) is 33.9 Å². The fraction of sp³-hybridized carbons (Fsp3) is 0.333. The molecule has 4 nitrogen and oxygen atoms in total. The van der Waals surface area contributed by atoms with E-state index in [2.05, 4.69) is 133 Å². The molecule has 0 radical (unpaired) electrons. The molecule has 0 unspecified atom stereocenters. The molecule has 0 atom stereocenters. The van der Waals surface area contributed by atoms with Crippen molar-refractivity contribution < 1.29 is 0 Å². The molecule has 2 heterocycles. The van der Waals surface area contributed by atoms with Crippen LogP contribution in [0.4, 0.5) is 0 Å². The van der Waals surface area contributed by atoms with E-state index < -0.39 is 0 Å². The van der Waals surface area contributed by atoms with E-state index in [0.717, 1.165) is 57.7 Å². The Bertz CT molecular complexity index is 2410. The SMILES string of the molecule is CCCCCCCCC1(CCCCCCCC)c2cc3nc(-c4cccc5ccccc45)[nH]c3cc2-c2cc3[nH]c(-c4cccc5ccccc45)nc3cc21. The Labute approximate surface area is 325 Å². The lowest BCUT2D eigenvalue weighted by molar-refractivity contribution is 0.398. The first-order valence-electron chi connectivity index (χ1n) is 21.2. The smallest absolute Gasteiger partial charge is 0.139 e. The van der Waals surface area contributed by atoms with E-state index in [0.29, 0.717) is 0 Å². The zero-order chi connectivity index (χ0) is 37.2. The first-order chi connectivity index (χ1) is 27.2. The first kappa shape index (κ1) is 35.5. The van der Waals surface area contributed by atoms with Gasteiger partial charge in [0.2, 0.25) is 0 Å². The molecule has 2 aromatic heterocycles. The lowest BCUT2D eigenvalue weighted by atomic mass is 9.70. The Hall–Kier alpha value is -5.22. The van der Waals surface area contributed by atoms with E-state index in [4.69, 9.17) is 9.97 Å². The lowest BCUT2D eigenvalue weighted by Gasteiger charge is -2.33. The fourth-order valence-corrected chi connectivity index (χ4v) is 9.69. The number of hydrogen-bond donors (Lipinski definition) is 2. The van der Waals surface area contributed by atoms with Crippen molar-refractivity contribution in [2.24, 2.45) is 0 Å². The number of benzene rings is 6. The molecule has 0 bridgehead atoms. The van der Waals surface area contributed by atoms with E-state index in [9.17, 15) is 0 Å². The minimum Gasteiger partial charge on any atom is -0.338 e. The molecule has 0 fully saturated rings. The van der Waals surface area contributed by atoms with Gasteiger partial charge in [-0.1, -0.05) is 176 Å². The number of imidazole rings is 2. The van der Waals surface area contributed by atoms with E-state index in [-0.39, 0.29) is 5.41 Å². The van der Waals surface area contributed by atoms with Crippen LogP contribution >= 0.6 is 0 Å². The van der Waals surface area contributed by atoms with Gasteiger partial charge in [-0.15, -0.1) is 0 Å². The Balaban J connectivity index is 1.19. The zero-order valence-corrected chi connectivity index (χ0v) is 32.7. The van der Waals surface area contributed by atoms with Crippen LogP contribution in [0, 0.1) is 0 Å². The van der Waals surface area contributed by atoms with Gasteiger partial charge in [0.25, 0.3) is 0 Å². The van der Waals surface area contributed by atoms with Gasteiger partial charge in [-0.05, 0) is 80.9 Å². The molecule has 4 heteroatoms. The van der Waals surface area contributed by atoms with Crippen molar-refractivity contribution in [2.45, 2.75) is 109 Å². The van der Waals surface area contributed by atoms with Gasteiger partial charge >= 0.3 is 0 Å². The van der Waals surface area contributed by atoms with Crippen LogP contribution < -0.4 is 0 Å². The Morgan fingerprint density at radius 1 is 0.436 bits per heavy atom. The summed E-state index contributed by atoms with van der Waals surface area (Å²) in [4.78, 5) is 18.2. The molecule has 55 heavy (non-hydrogen) atoms. The number of hydrogen-bond acceptors (Lipinski definition) is 2. The van der Waals surface area contributed by atoms with E-state index >= 15 is 0 Å². The van der Waals surface area contributed by atoms with Crippen molar-refractivity contribution in [3.63, 3.8) is 0 Å². The Morgan fingerprint density at radius 2 is 0.855 bits per heavy atom. The number of unbranched alkanes of at least 4 members (excludes halogenated alkanes) is 10. The Morgan fingerprint density at radius 3 is 1.33 bits per heavy atom. The third-order valence-corrected chi connectivity index (χ3v) is 12.6. The molecule has 2 N–H and O–H groups in total. The van der Waals surface area contributed by atoms with Crippen molar-refractivity contribution in [3.05, 3.63) is 120 Å². The van der Waals surface area contributed by atoms with Crippen LogP contribution in [-0.2, 0) is 5.41 Å². The number of nitrogens with one attached hydrogen (secondary N) is 2. The quantitative estimate of drug-likeness (QED) is 0.0976. The topological polar surface area (TPSA) is 57.4 Å². The fourth-order valence-electron chi connectivity index (χ4n) is 9.69. The predicted octanol–water partition coefficient (Wildman–Crippen LogP) is 14.8. The normalized spacial score (nSPS) is 13.3. The number of aromatic nitrogens is 4. The van der Waals surface area contributed by atoms with E-state index in [1.807, 2.05) is 0 Å². The summed E-state index contributed by atoms with van der Waals surface area (Å²) < 4.78 is 0. The second kappa shape index (κ2) is 15.5. The zero-order valence-electron chi connectivity index (χ0n) is 32.7. The third-order valence-electron chi connectivity index (χ3n) is 12.6. The highest BCUT2D eigenvalue weighted by molar-refractivity contribution is 6.00. The summed E-state index contributed by atoms with van der Waals surface area (Å²) in [5.74, 6) is 1.88. The van der Waals surface area contributed by atoms with Gasteiger partial charge in [-0.3, -0.25) is 0 Å². The second-order valence-corrected chi connectivity index (χ2v) is 16.2. The minimum absolute atomic E-state index is 0.0698. The molecule has 8 aromatic rings. The van der Waals surface area contributed by atoms with Gasteiger partial charge in [0.15, 0.2) is 0 Å². The molecule has 9 rings (SSSR count). The standard InChI is InChI=1S/C51H54N4/c1-3-5-7-9-11-17-29-51(30-18-12-10-8-6-4-2)43-33-47-45(52-49(54-47)39-27-19-23-35-21-13-15-25-37(35)39)31-41(43)42-32-46-48(34-44(42)51)55-50(53-46)40-28-20-24-36-22-14-16-26-38(36)40/h13-16,19-28,31-34H,3-12,17-18,29-30H2,1-2H3,(H,52,54)(H,53,55). The average molecular weight is 723 g/mol. The molecule has 0 saturated heterocycles. The summed E-state index contributed by atoms with van der Waals surface area (Å²) in [6, 6.07) is 40.1. The Kier molecular flexibility index (Phi) is 9.99. The summed E-state index contributed by atoms with van der Waals surface area (Å²) in [6.07, 6.45) is 17.9. The van der Waals surface area contributed by atoms with Gasteiger partial charge in [0.1, 0.15) is 11.6 Å². The van der Waals surface area contributed by atoms with E-state index in [1.54, 1.807) is 0 Å². The van der Waals surface area contributed by atoms with Crippen LogP contribution in [0.1, 0.15) is 115 Å². The summed E-state index contributed by atoms with van der Waals surface area (Å²) in [5.41, 5.74) is 12.2. The minimum atomic E-state index is -0.0698. The number of rotatable bonds is 16. The maximum Gasteiger partial charge on any atom is 0.139 e. The van der Waals surface area contributed by atoms with Gasteiger partial charge in [-0.2, -0.15) is 0 Å². The number of H-pyrrole nitrogens is 2. The number of fused-ring (bicyclic) bond motifs is 7. The van der Waals surface area contributed by atoms with Gasteiger partial charge in [-0.25, -0.2) is 9.97 Å². The lowest BCUT2D eigenvalue weighted by Crippen LogP contribution is -2.25. The largest absolute Gasteiger partial charge is 0.338 e. The molecular formula is C51H54N4. The number of nitrogens with zero attached hydrogens (tertiary/aromatic N) is 2. The summed E-state index contributed by atoms with van der Waals surface area (Å²) in [6.45, 7) is 4.62. The van der Waals surface area contributed by atoms with Crippen molar-refractivity contribution in [1.29, 1.82) is 0 Å². The van der Waals surface area contributed by atoms with Crippen LogP contribution in [0.25, 0.3) is 77.5 Å². The van der Waals surface area contributed by atoms with Crippen molar-refractivity contribution in [2.75, 3.05) is 0 Å². The maximum absolute atomic E-state index is 5.34. The monoisotopic (exact) mass is 722 g/mol. The molecule has 1 aliphatic rings. The highest BCUT2D eigenvalue weighted by Gasteiger charge is 2.43. The number of aromatic amines is 2. The van der Waals surface area contributed by atoms with E-state index in [1.165, 1.54) is 121 Å². The highest BCUT2D eigenvalue weighted by Crippen LogP contribution is 2.56. The molecule has 0 spiro atoms. The predicted molar refractivity (Wildman–Crippen MR) is 234 cm³/mol. The molecule has 0 saturated carbocycles. The molecule has 0 amide bonds. The van der Waals surface area contributed by atoms with Crippen LogP contribution in [0.2, 0.25) is 0 Å². The molecule has 0 aliphatic heterocycles. The van der Waals surface area contributed by atoms with Gasteiger partial charge < -0.3 is 9.97 Å². The van der Waals surface area contributed by atoms with Crippen LogP contribution in [0.3, 0.4) is 0 Å². The van der Waals surface area contributed by atoms with Crippen LogP contribution in [0.5, 0.6) is 0 Å². The second-order valence-electron chi connectivity index (χ2n) is 16.2.